The molecule has 0 atom stereocenters. The smallest absolute Gasteiger partial charge is 0.272 e. The fourth-order valence-corrected chi connectivity index (χ4v) is 3.02. The highest BCUT2D eigenvalue weighted by Crippen LogP contribution is 2.11. The van der Waals surface area contributed by atoms with E-state index in [0.717, 1.165) is 5.69 Å². The summed E-state index contributed by atoms with van der Waals surface area (Å²) in [6.07, 6.45) is 0. The van der Waals surface area contributed by atoms with Crippen molar-refractivity contribution in [3.8, 4) is 0 Å². The molecule has 1 aromatic carbocycles. The van der Waals surface area contributed by atoms with Crippen LogP contribution in [-0.4, -0.2) is 64.1 Å². The molecule has 138 valence electrons. The molecule has 1 aliphatic heterocycles. The van der Waals surface area contributed by atoms with E-state index in [9.17, 15) is 14.0 Å². The van der Waals surface area contributed by atoms with Gasteiger partial charge in [-0.25, -0.2) is 4.39 Å². The number of aryl methyl sites for hydroxylation is 2. The maximum Gasteiger partial charge on any atom is 0.272 e. The lowest BCUT2D eigenvalue weighted by Crippen LogP contribution is -2.50. The minimum Gasteiger partial charge on any atom is -0.335 e. The van der Waals surface area contributed by atoms with Crippen molar-refractivity contribution in [2.75, 3.05) is 38.0 Å². The van der Waals surface area contributed by atoms with E-state index in [1.165, 1.54) is 24.3 Å². The molecule has 1 aromatic heterocycles. The Hall–Kier alpha value is -2.74. The highest BCUT2D eigenvalue weighted by Gasteiger charge is 2.25. The molecule has 2 aromatic rings. The number of carbonyl (C=O) groups excluding carboxylic acids is 2. The van der Waals surface area contributed by atoms with Gasteiger partial charge < -0.3 is 10.2 Å². The highest BCUT2D eigenvalue weighted by atomic mass is 19.1. The number of piperazine rings is 1. The summed E-state index contributed by atoms with van der Waals surface area (Å²) in [4.78, 5) is 28.5. The summed E-state index contributed by atoms with van der Waals surface area (Å²) < 4.78 is 14.5. The topological polar surface area (TPSA) is 70.5 Å². The van der Waals surface area contributed by atoms with Gasteiger partial charge in [0.25, 0.3) is 5.91 Å². The van der Waals surface area contributed by atoms with Gasteiger partial charge in [-0.2, -0.15) is 5.10 Å². The van der Waals surface area contributed by atoms with Gasteiger partial charge in [0.15, 0.2) is 0 Å². The molecule has 1 aliphatic rings. The van der Waals surface area contributed by atoms with Gasteiger partial charge in [-0.15, -0.1) is 0 Å². The van der Waals surface area contributed by atoms with Gasteiger partial charge in [-0.3, -0.25) is 19.2 Å². The van der Waals surface area contributed by atoms with E-state index in [2.05, 4.69) is 10.4 Å². The summed E-state index contributed by atoms with van der Waals surface area (Å²) in [6, 6.07) is 7.45. The van der Waals surface area contributed by atoms with Crippen molar-refractivity contribution >= 4 is 17.5 Å². The van der Waals surface area contributed by atoms with E-state index in [4.69, 9.17) is 0 Å². The molecule has 1 fully saturated rings. The maximum absolute atomic E-state index is 12.9. The average molecular weight is 359 g/mol. The Labute approximate surface area is 151 Å². The van der Waals surface area contributed by atoms with Crippen LogP contribution < -0.4 is 5.32 Å². The molecule has 0 bridgehead atoms. The zero-order chi connectivity index (χ0) is 18.7. The Balaban J connectivity index is 1.49. The fraction of sp³-hybridized carbons (Fsp3) is 0.389. The molecule has 0 spiro atoms. The molecule has 8 heteroatoms. The highest BCUT2D eigenvalue weighted by molar-refractivity contribution is 5.93. The summed E-state index contributed by atoms with van der Waals surface area (Å²) >= 11 is 0. The molecule has 0 saturated carbocycles. The van der Waals surface area contributed by atoms with Crippen molar-refractivity contribution in [2.45, 2.75) is 6.92 Å². The minimum atomic E-state index is -0.340. The van der Waals surface area contributed by atoms with Crippen molar-refractivity contribution in [2.24, 2.45) is 7.05 Å². The second-order valence-corrected chi connectivity index (χ2v) is 6.42. The summed E-state index contributed by atoms with van der Waals surface area (Å²) in [5.41, 5.74) is 1.95. The normalized spacial score (nSPS) is 15.1. The van der Waals surface area contributed by atoms with Gasteiger partial charge in [0.1, 0.15) is 11.5 Å². The van der Waals surface area contributed by atoms with Crippen LogP contribution in [0, 0.1) is 12.7 Å². The van der Waals surface area contributed by atoms with Crippen LogP contribution >= 0.6 is 0 Å². The number of halogens is 1. The predicted molar refractivity (Wildman–Crippen MR) is 95.3 cm³/mol. The molecule has 26 heavy (non-hydrogen) atoms. The van der Waals surface area contributed by atoms with Crippen LogP contribution in [0.1, 0.15) is 16.2 Å². The fourth-order valence-electron chi connectivity index (χ4n) is 3.02. The zero-order valence-electron chi connectivity index (χ0n) is 14.9. The van der Waals surface area contributed by atoms with Crippen LogP contribution in [0.5, 0.6) is 0 Å². The molecule has 1 N–H and O–H groups in total. The van der Waals surface area contributed by atoms with Gasteiger partial charge in [-0.1, -0.05) is 0 Å². The van der Waals surface area contributed by atoms with E-state index in [1.807, 2.05) is 11.8 Å². The number of benzene rings is 1. The third-order valence-electron chi connectivity index (χ3n) is 4.38. The number of hydrogen-bond acceptors (Lipinski definition) is 4. The Bertz CT molecular complexity index is 794. The molecule has 0 aliphatic carbocycles. The Morgan fingerprint density at radius 2 is 1.81 bits per heavy atom. The van der Waals surface area contributed by atoms with Crippen molar-refractivity contribution in [1.29, 1.82) is 0 Å². The third-order valence-corrected chi connectivity index (χ3v) is 4.38. The van der Waals surface area contributed by atoms with Gasteiger partial charge in [0.05, 0.1) is 12.2 Å². The van der Waals surface area contributed by atoms with Crippen LogP contribution in [-0.2, 0) is 11.8 Å². The van der Waals surface area contributed by atoms with E-state index in [1.54, 1.807) is 22.7 Å². The summed E-state index contributed by atoms with van der Waals surface area (Å²) in [5, 5.41) is 6.96. The molecule has 3 rings (SSSR count). The third kappa shape index (κ3) is 4.26. The first-order chi connectivity index (χ1) is 12.4. The van der Waals surface area contributed by atoms with E-state index in [0.29, 0.717) is 37.6 Å². The SMILES string of the molecule is Cc1cc(C(=O)N2CCN(CC(=O)Nc3ccc(F)cc3)CC2)n(C)n1. The summed E-state index contributed by atoms with van der Waals surface area (Å²) in [5.74, 6) is -0.533. The van der Waals surface area contributed by atoms with E-state index in [-0.39, 0.29) is 24.2 Å². The lowest BCUT2D eigenvalue weighted by Gasteiger charge is -2.34. The Morgan fingerprint density at radius 1 is 1.15 bits per heavy atom. The second-order valence-electron chi connectivity index (χ2n) is 6.42. The maximum atomic E-state index is 12.9. The number of amides is 2. The molecule has 7 nitrogen and oxygen atoms in total. The largest absolute Gasteiger partial charge is 0.335 e. The number of nitrogens with one attached hydrogen (secondary N) is 1. The monoisotopic (exact) mass is 359 g/mol. The van der Waals surface area contributed by atoms with Crippen molar-refractivity contribution in [1.82, 2.24) is 19.6 Å². The van der Waals surface area contributed by atoms with Gasteiger partial charge >= 0.3 is 0 Å². The first-order valence-electron chi connectivity index (χ1n) is 8.50. The number of anilines is 1. The quantitative estimate of drug-likeness (QED) is 0.892. The standard InChI is InChI=1S/C18H22FN5O2/c1-13-11-16(22(2)21-13)18(26)24-9-7-23(8-10-24)12-17(25)20-15-5-3-14(19)4-6-15/h3-6,11H,7-10,12H2,1-2H3,(H,20,25). The van der Waals surface area contributed by atoms with Gasteiger partial charge in [-0.05, 0) is 37.3 Å². The molecule has 0 radical (unpaired) electrons. The minimum absolute atomic E-state index is 0.0384. The number of aromatic nitrogens is 2. The Kier molecular flexibility index (Phi) is 5.32. The van der Waals surface area contributed by atoms with Crippen LogP contribution in [0.2, 0.25) is 0 Å². The van der Waals surface area contributed by atoms with Crippen LogP contribution in [0.25, 0.3) is 0 Å². The number of nitrogens with zero attached hydrogens (tertiary/aromatic N) is 4. The van der Waals surface area contributed by atoms with E-state index >= 15 is 0 Å². The molecular weight excluding hydrogens is 337 g/mol. The number of hydrogen-bond donors (Lipinski definition) is 1. The molecule has 2 amide bonds. The Morgan fingerprint density at radius 3 is 2.38 bits per heavy atom. The van der Waals surface area contributed by atoms with Crippen LogP contribution in [0.15, 0.2) is 30.3 Å². The van der Waals surface area contributed by atoms with Crippen LogP contribution in [0.3, 0.4) is 0 Å². The lowest BCUT2D eigenvalue weighted by atomic mass is 10.2. The summed E-state index contributed by atoms with van der Waals surface area (Å²) in [6.45, 7) is 4.47. The molecule has 1 saturated heterocycles. The number of rotatable bonds is 4. The summed E-state index contributed by atoms with van der Waals surface area (Å²) in [7, 11) is 1.76. The first kappa shape index (κ1) is 18.1. The lowest BCUT2D eigenvalue weighted by molar-refractivity contribution is -0.117. The zero-order valence-corrected chi connectivity index (χ0v) is 14.9. The van der Waals surface area contributed by atoms with Crippen molar-refractivity contribution < 1.29 is 14.0 Å². The molecular formula is C18H22FN5O2. The van der Waals surface area contributed by atoms with Crippen LogP contribution in [0.4, 0.5) is 10.1 Å². The molecule has 2 heterocycles. The van der Waals surface area contributed by atoms with Gasteiger partial charge in [0.2, 0.25) is 5.91 Å². The first-order valence-corrected chi connectivity index (χ1v) is 8.50. The average Bonchev–Trinajstić information content (AvgIpc) is 2.95. The van der Waals surface area contributed by atoms with E-state index < -0.39 is 0 Å². The van der Waals surface area contributed by atoms with Crippen molar-refractivity contribution in [3.63, 3.8) is 0 Å². The van der Waals surface area contributed by atoms with Crippen molar-refractivity contribution in [3.05, 3.63) is 47.5 Å². The molecule has 0 unspecified atom stereocenters. The van der Waals surface area contributed by atoms with Gasteiger partial charge in [0, 0.05) is 38.9 Å². The predicted octanol–water partition coefficient (Wildman–Crippen LogP) is 1.26. The number of carbonyl (C=O) groups is 2. The second kappa shape index (κ2) is 7.65.